The van der Waals surface area contributed by atoms with E-state index in [-0.39, 0.29) is 17.7 Å². The molecule has 9 fully saturated rings. The third-order valence-electron chi connectivity index (χ3n) is 27.8. The summed E-state index contributed by atoms with van der Waals surface area (Å²) in [5, 5.41) is 0. The number of methoxy groups -OCH3 is 1. The smallest absolute Gasteiger partial charge is 0.134 e. The van der Waals surface area contributed by atoms with Gasteiger partial charge in [0.1, 0.15) is 40.8 Å². The first-order valence-electron chi connectivity index (χ1n) is 58.7. The van der Waals surface area contributed by atoms with Crippen LogP contribution in [0.5, 0.6) is 17.2 Å². The number of hydrogen-bond donors (Lipinski definition) is 0. The Morgan fingerprint density at radius 3 is 1.17 bits per heavy atom. The predicted octanol–water partition coefficient (Wildman–Crippen LogP) is 40.7. The van der Waals surface area contributed by atoms with Gasteiger partial charge in [0.05, 0.1) is 31.1 Å². The van der Waals surface area contributed by atoms with Gasteiger partial charge in [-0.25, -0.2) is 13.8 Å². The van der Waals surface area contributed by atoms with Gasteiger partial charge in [0, 0.05) is 97.2 Å². The summed E-state index contributed by atoms with van der Waals surface area (Å²) in [5.41, 5.74) is 8.50. The summed E-state index contributed by atoms with van der Waals surface area (Å²) in [6.07, 6.45) is 45.2. The molecule has 6 aliphatic carbocycles. The van der Waals surface area contributed by atoms with E-state index >= 15 is 0 Å². The molecular formula is C137H213F2N5O4. The second kappa shape index (κ2) is 78.7. The van der Waals surface area contributed by atoms with E-state index in [2.05, 4.69) is 291 Å². The Kier molecular flexibility index (Phi) is 71.6. The average Bonchev–Trinajstić information content (AvgIpc) is 1.20. The van der Waals surface area contributed by atoms with Crippen molar-refractivity contribution >= 4 is 29.7 Å². The molecule has 0 amide bonds. The highest BCUT2D eigenvalue weighted by Crippen LogP contribution is 2.55. The van der Waals surface area contributed by atoms with Crippen molar-refractivity contribution in [3.8, 4) is 17.2 Å². The normalized spacial score (nSPS) is 19.2. The molecule has 2 unspecified atom stereocenters. The average molecular weight is 2030 g/mol. The molecular weight excluding hydrogens is 1820 g/mol. The van der Waals surface area contributed by atoms with Gasteiger partial charge in [-0.3, -0.25) is 9.97 Å². The van der Waals surface area contributed by atoms with E-state index in [1.165, 1.54) is 146 Å². The molecule has 148 heavy (non-hydrogen) atoms. The number of para-hydroxylation sites is 2. The van der Waals surface area contributed by atoms with E-state index in [4.69, 9.17) is 18.9 Å². The van der Waals surface area contributed by atoms with Gasteiger partial charge in [0.2, 0.25) is 0 Å². The van der Waals surface area contributed by atoms with E-state index in [0.717, 1.165) is 119 Å². The number of allylic oxidation sites excluding steroid dienone is 5. The van der Waals surface area contributed by atoms with Crippen molar-refractivity contribution in [1.29, 1.82) is 0 Å². The molecule has 3 saturated heterocycles. The number of pyridine rings is 3. The lowest BCUT2D eigenvalue weighted by atomic mass is 9.55. The van der Waals surface area contributed by atoms with Crippen LogP contribution in [0.1, 0.15) is 390 Å². The topological polar surface area (TPSA) is 82.1 Å². The monoisotopic (exact) mass is 2030 g/mol. The Morgan fingerprint density at radius 1 is 0.351 bits per heavy atom. The Hall–Kier alpha value is -9.45. The number of anilines is 2. The molecule has 9 aliphatic rings. The highest BCUT2D eigenvalue weighted by molar-refractivity contribution is 5.54. The van der Waals surface area contributed by atoms with Crippen LogP contribution in [0.2, 0.25) is 0 Å². The predicted molar refractivity (Wildman–Crippen MR) is 645 cm³/mol. The third kappa shape index (κ3) is 53.0. The lowest BCUT2D eigenvalue weighted by Gasteiger charge is -2.61. The number of benzene rings is 6. The molecule has 6 saturated carbocycles. The minimum absolute atomic E-state index is 0.213. The second-order valence-electron chi connectivity index (χ2n) is 42.8. The maximum Gasteiger partial charge on any atom is 0.134 e. The zero-order valence-electron chi connectivity index (χ0n) is 100. The van der Waals surface area contributed by atoms with E-state index < -0.39 is 0 Å². The first kappa shape index (κ1) is 135. The maximum atomic E-state index is 13.6. The van der Waals surface area contributed by atoms with Gasteiger partial charge in [-0.15, -0.1) is 0 Å². The molecule has 6 aromatic carbocycles. The maximum absolute atomic E-state index is 13.6. The SMILES string of the molecule is CC.CC.CC.CC.CC.CC.CC.CC(C)/C=C/C1CCCCC1.CC(C)/C=C/c1ccc(OC2CC2)cc1F.CC(C)/C=C/c1ccccc1.CC(C)C1CC(Oc2ccccc2)C1.CC(C)C1CC(c2ccccc2)C1.CC(C)C1CC(c2ccccn2)C1.CC(C)C1CC(c2ccccn2)O1.CC(C)C1CC2(C1)CN(c1ccccc1)C2.CC(C)C1CN(c2ccccn2)C1.COc1ccc(/C=C/C(C)C)c(F)c1. The van der Waals surface area contributed by atoms with Crippen LogP contribution in [0, 0.1) is 112 Å². The summed E-state index contributed by atoms with van der Waals surface area (Å²) in [5.74, 6) is 17.1. The molecule has 9 aromatic rings. The first-order valence-corrected chi connectivity index (χ1v) is 58.7. The molecule has 0 N–H and O–H groups in total. The largest absolute Gasteiger partial charge is 0.497 e. The molecule has 0 bridgehead atoms. The number of halogens is 2. The van der Waals surface area contributed by atoms with Crippen molar-refractivity contribution in [2.45, 2.75) is 374 Å². The Balaban J connectivity index is 0.000000549. The van der Waals surface area contributed by atoms with Gasteiger partial charge < -0.3 is 28.7 Å². The van der Waals surface area contributed by atoms with Gasteiger partial charge >= 0.3 is 0 Å². The summed E-state index contributed by atoms with van der Waals surface area (Å²) in [6, 6.07) is 70.5. The van der Waals surface area contributed by atoms with Crippen molar-refractivity contribution in [3.63, 3.8) is 0 Å². The van der Waals surface area contributed by atoms with E-state index in [9.17, 15) is 8.78 Å². The summed E-state index contributed by atoms with van der Waals surface area (Å²) in [6.45, 7) is 77.6. The van der Waals surface area contributed by atoms with Gasteiger partial charge in [-0.2, -0.15) is 0 Å². The fraction of sp³-hybridized carbons (Fsp3) is 0.569. The molecule has 2 atom stereocenters. The number of rotatable bonds is 24. The molecule has 6 heterocycles. The Morgan fingerprint density at radius 2 is 0.750 bits per heavy atom. The van der Waals surface area contributed by atoms with Crippen LogP contribution in [0.15, 0.2) is 261 Å². The zero-order valence-corrected chi connectivity index (χ0v) is 100. The molecule has 9 nitrogen and oxygen atoms in total. The van der Waals surface area contributed by atoms with Crippen molar-refractivity contribution in [1.82, 2.24) is 15.0 Å². The minimum Gasteiger partial charge on any atom is -0.497 e. The number of nitrogens with zero attached hydrogens (tertiary/aromatic N) is 5. The lowest BCUT2D eigenvalue weighted by molar-refractivity contribution is -0.149. The molecule has 824 valence electrons. The third-order valence-corrected chi connectivity index (χ3v) is 27.8. The lowest BCUT2D eigenvalue weighted by Crippen LogP contribution is -2.63. The van der Waals surface area contributed by atoms with Gasteiger partial charge in [0.15, 0.2) is 0 Å². The van der Waals surface area contributed by atoms with Crippen molar-refractivity contribution in [2.75, 3.05) is 43.1 Å². The number of ether oxygens (including phenoxy) is 4. The van der Waals surface area contributed by atoms with E-state index in [1.807, 2.05) is 213 Å². The van der Waals surface area contributed by atoms with E-state index in [1.54, 1.807) is 29.8 Å². The van der Waals surface area contributed by atoms with Crippen LogP contribution in [-0.2, 0) is 4.74 Å². The number of hydrogen-bond acceptors (Lipinski definition) is 9. The fourth-order valence-corrected chi connectivity index (χ4v) is 17.9. The standard InChI is InChI=1S/C15H21N.C14H17FO.C13H18O.C13H18.C12H15FO.C12H17N.C11H16N2.C11H15NO.C11H20.C11H14.7C2H6/c1-12(2)13-8-15(9-13)10-16(11-15)14-6-4-3-5-7-14;1-10(2)3-4-11-5-6-13(9-14(11)15)16-12-7-8-12;1-10(2)11-8-13(9-11)14-12-6-4-3-5-7-12;1-10(2)12-8-13(9-12)11-6-4-3-5-7-11;1-9(2)4-5-10-6-7-11(14-3)8-12(10)13;1-9(2)10-7-11(8-10)12-5-3-4-6-13-12;1-9(2)10-7-13(8-10)11-5-3-4-6-12-11;1-8(2)10-7-11(13-10)9-5-3-4-6-12-9;2*1-10(2)8-9-11-6-4-3-5-7-11;7*1-2/h3-7,12-13H,8-11H2,1-2H3;3-6,9-10,12H,7-8H2,1-2H3;3-7,10-11,13H,8-9H2,1-2H3;3-7,10,12-13H,8-9H2,1-2H3;4-9H,1-3H3;3-6,9-11H,7-8H2,1-2H3;3-6,9-10H,7-8H2,1-2H3;3-6,8,10-11H,7H2,1-2H3;8-11H,3-7H2,1-2H3;3-10H,1-2H3;7*1-2H3/b;4-3+;;;5-4+;;;;2*9-8+;;;;;;;. The quantitative estimate of drug-likeness (QED) is 0.0550. The van der Waals surface area contributed by atoms with Crippen LogP contribution in [0.4, 0.5) is 20.3 Å². The molecule has 3 aliphatic heterocycles. The summed E-state index contributed by atoms with van der Waals surface area (Å²) in [4.78, 5) is 17.8. The van der Waals surface area contributed by atoms with Gasteiger partial charge in [-0.1, -0.05) is 419 Å². The van der Waals surface area contributed by atoms with Gasteiger partial charge in [-0.05, 0) is 274 Å². The van der Waals surface area contributed by atoms with Crippen LogP contribution in [-0.4, -0.2) is 66.6 Å². The first-order chi connectivity index (χ1) is 71.4. The number of aromatic nitrogens is 3. The molecule has 3 aromatic heterocycles. The fourth-order valence-electron chi connectivity index (χ4n) is 17.9. The summed E-state index contributed by atoms with van der Waals surface area (Å²) < 4.78 is 49.0. The second-order valence-corrected chi connectivity index (χ2v) is 42.8. The Bertz CT molecular complexity index is 4500. The zero-order chi connectivity index (χ0) is 110. The Labute approximate surface area is 908 Å². The van der Waals surface area contributed by atoms with Gasteiger partial charge in [0.25, 0.3) is 0 Å². The highest BCUT2D eigenvalue weighted by atomic mass is 19.1. The summed E-state index contributed by atoms with van der Waals surface area (Å²) in [7, 11) is 1.53. The molecule has 18 rings (SSSR count). The van der Waals surface area contributed by atoms with Crippen LogP contribution >= 0.6 is 0 Å². The van der Waals surface area contributed by atoms with Crippen LogP contribution in [0.25, 0.3) is 18.2 Å². The summed E-state index contributed by atoms with van der Waals surface area (Å²) >= 11 is 0. The van der Waals surface area contributed by atoms with Crippen molar-refractivity contribution in [2.24, 2.45) is 100 Å². The van der Waals surface area contributed by atoms with Crippen molar-refractivity contribution in [3.05, 3.63) is 307 Å². The molecule has 0 radical (unpaired) electrons. The van der Waals surface area contributed by atoms with E-state index in [0.29, 0.717) is 70.0 Å². The minimum atomic E-state index is -0.249. The van der Waals surface area contributed by atoms with Crippen molar-refractivity contribution < 1.29 is 27.7 Å². The van der Waals surface area contributed by atoms with Crippen LogP contribution in [0.3, 0.4) is 0 Å². The molecule has 11 heteroatoms. The molecule has 1 spiro atoms. The highest BCUT2D eigenvalue weighted by Gasteiger charge is 2.53. The van der Waals surface area contributed by atoms with Crippen LogP contribution < -0.4 is 24.0 Å².